The molecule has 0 aliphatic carbocycles. The van der Waals surface area contributed by atoms with Crippen LogP contribution in [-0.2, 0) is 0 Å². The highest BCUT2D eigenvalue weighted by molar-refractivity contribution is 5.29. The number of nitrogens with zero attached hydrogens (tertiary/aromatic N) is 5. The number of anilines is 1. The van der Waals surface area contributed by atoms with Crippen molar-refractivity contribution < 1.29 is 0 Å². The first-order valence-corrected chi connectivity index (χ1v) is 6.70. The molecule has 1 atom stereocenters. The first-order chi connectivity index (χ1) is 9.33. The van der Waals surface area contributed by atoms with Gasteiger partial charge in [0.05, 0.1) is 6.07 Å². The molecule has 0 saturated carbocycles. The standard InChI is InChI=1S/C13H20N6/c1-2-15-12(10-14)11-18-6-8-19(9-7-18)13-16-4-3-5-17-13/h3-5,12,15H,2,6-9,11H2,1H3. The van der Waals surface area contributed by atoms with E-state index in [4.69, 9.17) is 5.26 Å². The smallest absolute Gasteiger partial charge is 0.225 e. The Morgan fingerprint density at radius 3 is 2.58 bits per heavy atom. The van der Waals surface area contributed by atoms with E-state index >= 15 is 0 Å². The fraction of sp³-hybridized carbons (Fsp3) is 0.615. The lowest BCUT2D eigenvalue weighted by atomic mass is 10.2. The molecule has 1 aliphatic heterocycles. The second kappa shape index (κ2) is 7.02. The Bertz CT molecular complexity index is 407. The first-order valence-electron chi connectivity index (χ1n) is 6.70. The molecule has 1 aliphatic rings. The molecule has 1 fully saturated rings. The van der Waals surface area contributed by atoms with Crippen LogP contribution in [0.4, 0.5) is 5.95 Å². The number of hydrogen-bond acceptors (Lipinski definition) is 6. The third kappa shape index (κ3) is 3.88. The molecule has 1 saturated heterocycles. The monoisotopic (exact) mass is 260 g/mol. The van der Waals surface area contributed by atoms with E-state index < -0.39 is 0 Å². The lowest BCUT2D eigenvalue weighted by molar-refractivity contribution is 0.243. The third-order valence-electron chi connectivity index (χ3n) is 3.25. The molecule has 1 unspecified atom stereocenters. The van der Waals surface area contributed by atoms with Gasteiger partial charge in [0.1, 0.15) is 6.04 Å². The molecule has 1 N–H and O–H groups in total. The first kappa shape index (κ1) is 13.7. The Balaban J connectivity index is 1.81. The molecule has 0 bridgehead atoms. The van der Waals surface area contributed by atoms with Gasteiger partial charge in [-0.1, -0.05) is 6.92 Å². The maximum atomic E-state index is 9.05. The van der Waals surface area contributed by atoms with Crippen LogP contribution in [0.3, 0.4) is 0 Å². The van der Waals surface area contributed by atoms with Crippen molar-refractivity contribution in [3.8, 4) is 6.07 Å². The highest BCUT2D eigenvalue weighted by Gasteiger charge is 2.20. The quantitative estimate of drug-likeness (QED) is 0.810. The van der Waals surface area contributed by atoms with Gasteiger partial charge in [-0.3, -0.25) is 4.90 Å². The van der Waals surface area contributed by atoms with Gasteiger partial charge in [-0.05, 0) is 12.6 Å². The zero-order valence-electron chi connectivity index (χ0n) is 11.3. The van der Waals surface area contributed by atoms with Crippen LogP contribution in [0.15, 0.2) is 18.5 Å². The van der Waals surface area contributed by atoms with Crippen LogP contribution in [-0.4, -0.2) is 60.2 Å². The topological polar surface area (TPSA) is 68.1 Å². The molecular weight excluding hydrogens is 240 g/mol. The summed E-state index contributed by atoms with van der Waals surface area (Å²) in [5.41, 5.74) is 0. The number of nitriles is 1. The SMILES string of the molecule is CCNC(C#N)CN1CCN(c2ncccn2)CC1. The van der Waals surface area contributed by atoms with Crippen molar-refractivity contribution in [2.24, 2.45) is 0 Å². The van der Waals surface area contributed by atoms with Crippen LogP contribution in [0, 0.1) is 11.3 Å². The molecule has 6 nitrogen and oxygen atoms in total. The number of aromatic nitrogens is 2. The summed E-state index contributed by atoms with van der Waals surface area (Å²) < 4.78 is 0. The Morgan fingerprint density at radius 1 is 1.32 bits per heavy atom. The lowest BCUT2D eigenvalue weighted by Gasteiger charge is -2.35. The van der Waals surface area contributed by atoms with E-state index in [0.29, 0.717) is 0 Å². The average Bonchev–Trinajstić information content (AvgIpc) is 2.48. The van der Waals surface area contributed by atoms with Gasteiger partial charge < -0.3 is 10.2 Å². The second-order valence-electron chi connectivity index (χ2n) is 4.58. The Labute approximate surface area is 114 Å². The largest absolute Gasteiger partial charge is 0.338 e. The minimum absolute atomic E-state index is 0.0791. The van der Waals surface area contributed by atoms with Crippen molar-refractivity contribution in [1.82, 2.24) is 20.2 Å². The van der Waals surface area contributed by atoms with Crippen LogP contribution in [0.1, 0.15) is 6.92 Å². The van der Waals surface area contributed by atoms with Gasteiger partial charge in [-0.25, -0.2) is 9.97 Å². The molecule has 0 spiro atoms. The van der Waals surface area contributed by atoms with E-state index in [9.17, 15) is 0 Å². The van der Waals surface area contributed by atoms with E-state index in [2.05, 4.69) is 31.2 Å². The van der Waals surface area contributed by atoms with Gasteiger partial charge >= 0.3 is 0 Å². The van der Waals surface area contributed by atoms with Crippen LogP contribution >= 0.6 is 0 Å². The van der Waals surface area contributed by atoms with Crippen molar-refractivity contribution in [3.63, 3.8) is 0 Å². The van der Waals surface area contributed by atoms with Gasteiger partial charge in [0.15, 0.2) is 0 Å². The zero-order chi connectivity index (χ0) is 13.5. The van der Waals surface area contributed by atoms with E-state index in [1.807, 2.05) is 13.0 Å². The molecule has 6 heteroatoms. The summed E-state index contributed by atoms with van der Waals surface area (Å²) in [6.45, 7) is 7.35. The van der Waals surface area contributed by atoms with Gasteiger partial charge in [0.2, 0.25) is 5.95 Å². The van der Waals surface area contributed by atoms with Crippen molar-refractivity contribution in [1.29, 1.82) is 5.26 Å². The Hall–Kier alpha value is -1.71. The van der Waals surface area contributed by atoms with Gasteiger partial charge in [0, 0.05) is 45.1 Å². The number of nitrogens with one attached hydrogen (secondary N) is 1. The third-order valence-corrected chi connectivity index (χ3v) is 3.25. The maximum absolute atomic E-state index is 9.05. The number of likely N-dealkylation sites (N-methyl/N-ethyl adjacent to an activating group) is 1. The van der Waals surface area contributed by atoms with E-state index in [1.54, 1.807) is 12.4 Å². The fourth-order valence-corrected chi connectivity index (χ4v) is 2.24. The normalized spacial score (nSPS) is 18.0. The van der Waals surface area contributed by atoms with Gasteiger partial charge in [-0.15, -0.1) is 0 Å². The number of piperazine rings is 1. The van der Waals surface area contributed by atoms with Crippen LogP contribution < -0.4 is 10.2 Å². The van der Waals surface area contributed by atoms with Gasteiger partial charge in [-0.2, -0.15) is 5.26 Å². The molecule has 102 valence electrons. The molecule has 19 heavy (non-hydrogen) atoms. The molecule has 1 aromatic rings. The molecular formula is C13H20N6. The van der Waals surface area contributed by atoms with E-state index in [1.165, 1.54) is 0 Å². The number of rotatable bonds is 5. The van der Waals surface area contributed by atoms with Crippen molar-refractivity contribution in [2.45, 2.75) is 13.0 Å². The molecule has 1 aromatic heterocycles. The van der Waals surface area contributed by atoms with Crippen LogP contribution in [0.2, 0.25) is 0 Å². The highest BCUT2D eigenvalue weighted by atomic mass is 15.3. The molecule has 0 aromatic carbocycles. The average molecular weight is 260 g/mol. The van der Waals surface area contributed by atoms with Crippen LogP contribution in [0.5, 0.6) is 0 Å². The Morgan fingerprint density at radius 2 is 2.00 bits per heavy atom. The predicted octanol–water partition coefficient (Wildman–Crippen LogP) is 0.100. The molecule has 0 amide bonds. The van der Waals surface area contributed by atoms with E-state index in [-0.39, 0.29) is 6.04 Å². The molecule has 2 heterocycles. The Kier molecular flexibility index (Phi) is 5.07. The zero-order valence-corrected chi connectivity index (χ0v) is 11.3. The lowest BCUT2D eigenvalue weighted by Crippen LogP contribution is -2.50. The summed E-state index contributed by atoms with van der Waals surface area (Å²) in [5.74, 6) is 0.797. The summed E-state index contributed by atoms with van der Waals surface area (Å²) in [4.78, 5) is 13.0. The van der Waals surface area contributed by atoms with Gasteiger partial charge in [0.25, 0.3) is 0 Å². The second-order valence-corrected chi connectivity index (χ2v) is 4.58. The molecule has 0 radical (unpaired) electrons. The van der Waals surface area contributed by atoms with Crippen molar-refractivity contribution in [2.75, 3.05) is 44.2 Å². The summed E-state index contributed by atoms with van der Waals surface area (Å²) in [5, 5.41) is 12.2. The summed E-state index contributed by atoms with van der Waals surface area (Å²) in [6, 6.07) is 4.05. The summed E-state index contributed by atoms with van der Waals surface area (Å²) in [7, 11) is 0. The van der Waals surface area contributed by atoms with E-state index in [0.717, 1.165) is 45.2 Å². The minimum Gasteiger partial charge on any atom is -0.338 e. The summed E-state index contributed by atoms with van der Waals surface area (Å²) in [6.07, 6.45) is 3.54. The van der Waals surface area contributed by atoms with Crippen LogP contribution in [0.25, 0.3) is 0 Å². The summed E-state index contributed by atoms with van der Waals surface area (Å²) >= 11 is 0. The highest BCUT2D eigenvalue weighted by Crippen LogP contribution is 2.09. The fourth-order valence-electron chi connectivity index (χ4n) is 2.24. The van der Waals surface area contributed by atoms with Crippen molar-refractivity contribution in [3.05, 3.63) is 18.5 Å². The number of hydrogen-bond donors (Lipinski definition) is 1. The van der Waals surface area contributed by atoms with Crippen molar-refractivity contribution >= 4 is 5.95 Å². The molecule has 2 rings (SSSR count). The predicted molar refractivity (Wildman–Crippen MR) is 73.8 cm³/mol. The minimum atomic E-state index is -0.0791. The maximum Gasteiger partial charge on any atom is 0.225 e.